The third-order valence-electron chi connectivity index (χ3n) is 7.50. The van der Waals surface area contributed by atoms with Gasteiger partial charge < -0.3 is 19.9 Å². The van der Waals surface area contributed by atoms with E-state index in [0.29, 0.717) is 6.54 Å². The van der Waals surface area contributed by atoms with Gasteiger partial charge in [-0.1, -0.05) is 121 Å². The summed E-state index contributed by atoms with van der Waals surface area (Å²) in [6.45, 7) is 5.28. The lowest BCUT2D eigenvalue weighted by molar-refractivity contribution is -0.276. The number of aliphatic hydroxyl groups excluding tert-OH is 1. The van der Waals surface area contributed by atoms with E-state index in [1.165, 1.54) is 5.56 Å². The minimum atomic E-state index is -2.01. The Kier molecular flexibility index (Phi) is 10.5. The van der Waals surface area contributed by atoms with Gasteiger partial charge in [0.25, 0.3) is 9.70 Å². The fraction of sp³-hybridized carbons (Fsp3) is 0.387. The van der Waals surface area contributed by atoms with Crippen LogP contribution in [0.4, 0.5) is 0 Å². The summed E-state index contributed by atoms with van der Waals surface area (Å²) < 4.78 is 11.1. The van der Waals surface area contributed by atoms with Crippen LogP contribution in [0, 0.1) is 5.92 Å². The van der Waals surface area contributed by atoms with E-state index in [-0.39, 0.29) is 37.3 Å². The van der Waals surface area contributed by atoms with Crippen LogP contribution in [0.1, 0.15) is 60.1 Å². The van der Waals surface area contributed by atoms with Crippen molar-refractivity contribution in [3.8, 4) is 0 Å². The van der Waals surface area contributed by atoms with Gasteiger partial charge in [-0.15, -0.1) is 0 Å². The number of rotatable bonds is 9. The molecule has 0 radical (unpaired) electrons. The van der Waals surface area contributed by atoms with E-state index in [4.69, 9.17) is 44.3 Å². The van der Waals surface area contributed by atoms with Crippen molar-refractivity contribution in [3.63, 3.8) is 0 Å². The maximum atomic E-state index is 11.9. The molecule has 0 aromatic heterocycles. The van der Waals surface area contributed by atoms with E-state index in [1.807, 2.05) is 54.6 Å². The first-order valence-corrected chi connectivity index (χ1v) is 14.4. The number of benzene rings is 3. The number of nitrogens with one attached hydrogen (secondary N) is 1. The second-order valence-electron chi connectivity index (χ2n) is 10.3. The molecule has 2 N–H and O–H groups in total. The summed E-state index contributed by atoms with van der Waals surface area (Å²) in [6, 6.07) is 26.1. The summed E-state index contributed by atoms with van der Waals surface area (Å²) >= 11 is 16.9. The lowest BCUT2D eigenvalue weighted by Crippen LogP contribution is -2.44. The molecule has 0 saturated carbocycles. The Morgan fingerprint density at radius 1 is 0.950 bits per heavy atom. The molecule has 1 heterocycles. The Bertz CT molecular complexity index is 1240. The number of halogens is 3. The van der Waals surface area contributed by atoms with Gasteiger partial charge in [-0.25, -0.2) is 0 Å². The van der Waals surface area contributed by atoms with Gasteiger partial charge in [0.1, 0.15) is 0 Å². The Morgan fingerprint density at radius 2 is 1.55 bits per heavy atom. The fourth-order valence-corrected chi connectivity index (χ4v) is 5.03. The SMILES string of the molecule is C[C@H]1[C@@H](CN(C)[C@@H](C)c2ccccc2)O[C@@H](c2ccc(CNC(=O)C(Cl)(Cl)Cl)cc2)O[C@H]1c1ccc(CO)cc1. The number of aliphatic hydroxyl groups is 1. The molecule has 0 spiro atoms. The first-order valence-electron chi connectivity index (χ1n) is 13.3. The zero-order valence-electron chi connectivity index (χ0n) is 22.8. The van der Waals surface area contributed by atoms with Gasteiger partial charge in [0.2, 0.25) is 0 Å². The van der Waals surface area contributed by atoms with Crippen molar-refractivity contribution in [3.05, 3.63) is 107 Å². The van der Waals surface area contributed by atoms with Gasteiger partial charge in [-0.3, -0.25) is 9.69 Å². The summed E-state index contributed by atoms with van der Waals surface area (Å²) in [7, 11) is 2.11. The quantitative estimate of drug-likeness (QED) is 0.267. The molecule has 4 rings (SSSR count). The highest BCUT2D eigenvalue weighted by Gasteiger charge is 2.39. The van der Waals surface area contributed by atoms with E-state index in [0.717, 1.165) is 22.3 Å². The van der Waals surface area contributed by atoms with Crippen LogP contribution in [-0.4, -0.2) is 39.4 Å². The molecule has 1 amide bonds. The zero-order valence-corrected chi connectivity index (χ0v) is 25.0. The van der Waals surface area contributed by atoms with Gasteiger partial charge in [-0.2, -0.15) is 0 Å². The molecule has 40 heavy (non-hydrogen) atoms. The standard InChI is InChI=1S/C31H35Cl3N2O4/c1-20-27(18-36(3)21(2)24-7-5-4-6-8-24)39-29(40-28(20)25-13-11-23(19-37)12-14-25)26-15-9-22(10-16-26)17-35-30(38)31(32,33)34/h4-16,20-21,27-29,37H,17-19H2,1-3H3,(H,35,38)/t20-,21-,27+,28+,29+/m0/s1. The second-order valence-corrected chi connectivity index (χ2v) is 12.6. The number of amides is 1. The van der Waals surface area contributed by atoms with E-state index in [2.05, 4.69) is 55.4 Å². The van der Waals surface area contributed by atoms with Crippen LogP contribution in [0.2, 0.25) is 0 Å². The van der Waals surface area contributed by atoms with Crippen LogP contribution in [0.5, 0.6) is 0 Å². The van der Waals surface area contributed by atoms with Gasteiger partial charge >= 0.3 is 0 Å². The monoisotopic (exact) mass is 604 g/mol. The maximum absolute atomic E-state index is 11.9. The van der Waals surface area contributed by atoms with Crippen LogP contribution in [-0.2, 0) is 27.4 Å². The second kappa shape index (κ2) is 13.7. The van der Waals surface area contributed by atoms with Crippen molar-refractivity contribution >= 4 is 40.7 Å². The largest absolute Gasteiger partial charge is 0.392 e. The molecule has 0 aliphatic carbocycles. The highest BCUT2D eigenvalue weighted by molar-refractivity contribution is 6.76. The van der Waals surface area contributed by atoms with Gasteiger partial charge in [0, 0.05) is 30.6 Å². The molecule has 0 bridgehead atoms. The number of carbonyl (C=O) groups excluding carboxylic acids is 1. The molecule has 3 aromatic carbocycles. The van der Waals surface area contributed by atoms with Crippen LogP contribution < -0.4 is 5.32 Å². The molecule has 1 saturated heterocycles. The predicted molar refractivity (Wildman–Crippen MR) is 159 cm³/mol. The Morgan fingerprint density at radius 3 is 2.15 bits per heavy atom. The minimum Gasteiger partial charge on any atom is -0.392 e. The van der Waals surface area contributed by atoms with Crippen LogP contribution >= 0.6 is 34.8 Å². The lowest BCUT2D eigenvalue weighted by Gasteiger charge is -2.43. The number of ether oxygens (including phenoxy) is 2. The van der Waals surface area contributed by atoms with Crippen molar-refractivity contribution < 1.29 is 19.4 Å². The zero-order chi connectivity index (χ0) is 28.9. The number of hydrogen-bond donors (Lipinski definition) is 2. The van der Waals surface area contributed by atoms with Crippen molar-refractivity contribution in [2.45, 2.75) is 55.3 Å². The summed E-state index contributed by atoms with van der Waals surface area (Å²) in [4.78, 5) is 14.2. The molecule has 1 aliphatic heterocycles. The Labute approximate surface area is 251 Å². The van der Waals surface area contributed by atoms with E-state index >= 15 is 0 Å². The first kappa shape index (κ1) is 30.8. The van der Waals surface area contributed by atoms with Crippen molar-refractivity contribution in [2.75, 3.05) is 13.6 Å². The molecular formula is C31H35Cl3N2O4. The summed E-state index contributed by atoms with van der Waals surface area (Å²) in [5.74, 6) is -0.612. The van der Waals surface area contributed by atoms with Crippen LogP contribution in [0.3, 0.4) is 0 Å². The Balaban J connectivity index is 1.53. The molecule has 214 valence electrons. The van der Waals surface area contributed by atoms with Gasteiger partial charge in [0.15, 0.2) is 6.29 Å². The third kappa shape index (κ3) is 7.77. The summed E-state index contributed by atoms with van der Waals surface area (Å²) in [5.41, 5.74) is 4.84. The number of likely N-dealkylation sites (N-methyl/N-ethyl adjacent to an activating group) is 1. The molecular weight excluding hydrogens is 571 g/mol. The molecule has 5 atom stereocenters. The van der Waals surface area contributed by atoms with Crippen molar-refractivity contribution in [2.24, 2.45) is 5.92 Å². The summed E-state index contributed by atoms with van der Waals surface area (Å²) in [5, 5.41) is 12.1. The number of hydrogen-bond acceptors (Lipinski definition) is 5. The topological polar surface area (TPSA) is 71.0 Å². The molecule has 9 heteroatoms. The molecule has 1 fully saturated rings. The minimum absolute atomic E-state index is 0.00759. The molecule has 3 aromatic rings. The van der Waals surface area contributed by atoms with Crippen LogP contribution in [0.25, 0.3) is 0 Å². The highest BCUT2D eigenvalue weighted by atomic mass is 35.6. The highest BCUT2D eigenvalue weighted by Crippen LogP contribution is 2.42. The van der Waals surface area contributed by atoms with E-state index in [9.17, 15) is 9.90 Å². The van der Waals surface area contributed by atoms with E-state index < -0.39 is 16.0 Å². The maximum Gasteiger partial charge on any atom is 0.272 e. The fourth-order valence-electron chi connectivity index (χ4n) is 4.83. The van der Waals surface area contributed by atoms with Crippen LogP contribution in [0.15, 0.2) is 78.9 Å². The third-order valence-corrected chi connectivity index (χ3v) is 8.01. The van der Waals surface area contributed by atoms with Crippen molar-refractivity contribution in [1.82, 2.24) is 10.2 Å². The van der Waals surface area contributed by atoms with E-state index in [1.54, 1.807) is 0 Å². The smallest absolute Gasteiger partial charge is 0.272 e. The normalized spacial score (nSPS) is 22.2. The summed E-state index contributed by atoms with van der Waals surface area (Å²) in [6.07, 6.45) is -0.908. The average Bonchev–Trinajstić information content (AvgIpc) is 2.96. The van der Waals surface area contributed by atoms with Crippen molar-refractivity contribution in [1.29, 1.82) is 0 Å². The number of carbonyl (C=O) groups is 1. The lowest BCUT2D eigenvalue weighted by atomic mass is 9.89. The van der Waals surface area contributed by atoms with Gasteiger partial charge in [-0.05, 0) is 36.2 Å². The average molecular weight is 606 g/mol. The Hall–Kier alpha value is -2.16. The number of alkyl halides is 3. The molecule has 1 aliphatic rings. The molecule has 0 unspecified atom stereocenters. The predicted octanol–water partition coefficient (Wildman–Crippen LogP) is 6.65. The molecule has 6 nitrogen and oxygen atoms in total. The first-order chi connectivity index (χ1) is 19.1. The number of nitrogens with zero attached hydrogens (tertiary/aromatic N) is 1. The van der Waals surface area contributed by atoms with Gasteiger partial charge in [0.05, 0.1) is 18.8 Å².